The number of rotatable bonds is 2. The minimum atomic E-state index is -0.443. The summed E-state index contributed by atoms with van der Waals surface area (Å²) < 4.78 is 0. The van der Waals surface area contributed by atoms with Gasteiger partial charge < -0.3 is 5.32 Å². The van der Waals surface area contributed by atoms with E-state index in [4.69, 9.17) is 6.42 Å². The van der Waals surface area contributed by atoms with Crippen LogP contribution < -0.4 is 5.32 Å². The van der Waals surface area contributed by atoms with Crippen LogP contribution in [0.4, 0.5) is 0 Å². The molecule has 0 aliphatic heterocycles. The lowest BCUT2D eigenvalue weighted by atomic mass is 9.87. The maximum Gasteiger partial charge on any atom is 0.231 e. The summed E-state index contributed by atoms with van der Waals surface area (Å²) >= 11 is 0. The molecule has 0 heterocycles. The molecule has 0 spiro atoms. The first-order chi connectivity index (χ1) is 6.25. The van der Waals surface area contributed by atoms with Crippen LogP contribution in [-0.2, 0) is 9.59 Å². The van der Waals surface area contributed by atoms with Crippen molar-refractivity contribution in [3.8, 4) is 12.3 Å². The van der Waals surface area contributed by atoms with Crippen molar-refractivity contribution < 1.29 is 9.59 Å². The highest BCUT2D eigenvalue weighted by Crippen LogP contribution is 2.20. The van der Waals surface area contributed by atoms with Crippen molar-refractivity contribution in [2.24, 2.45) is 5.92 Å². The van der Waals surface area contributed by atoms with Gasteiger partial charge in [0.05, 0.1) is 12.5 Å². The van der Waals surface area contributed by atoms with E-state index in [1.54, 1.807) is 0 Å². The summed E-state index contributed by atoms with van der Waals surface area (Å²) in [5.41, 5.74) is 0. The molecule has 1 saturated carbocycles. The molecule has 0 bridgehead atoms. The van der Waals surface area contributed by atoms with E-state index in [1.165, 1.54) is 0 Å². The predicted octanol–water partition coefficient (Wildman–Crippen LogP) is 0.495. The van der Waals surface area contributed by atoms with Crippen LogP contribution in [-0.4, -0.2) is 18.2 Å². The summed E-state index contributed by atoms with van der Waals surface area (Å²) in [4.78, 5) is 22.6. The van der Waals surface area contributed by atoms with Gasteiger partial charge in [-0.15, -0.1) is 6.42 Å². The van der Waals surface area contributed by atoms with Crippen molar-refractivity contribution in [1.82, 2.24) is 5.32 Å². The lowest BCUT2D eigenvalue weighted by molar-refractivity contribution is -0.135. The number of amides is 1. The first-order valence-electron chi connectivity index (χ1n) is 4.49. The van der Waals surface area contributed by atoms with Gasteiger partial charge in [0.1, 0.15) is 5.78 Å². The lowest BCUT2D eigenvalue weighted by Gasteiger charge is -2.18. The summed E-state index contributed by atoms with van der Waals surface area (Å²) in [5, 5.41) is 2.54. The normalized spacial score (nSPS) is 22.1. The Balaban J connectivity index is 2.45. The van der Waals surface area contributed by atoms with Gasteiger partial charge in [0, 0.05) is 6.42 Å². The minimum absolute atomic E-state index is 0.0563. The maximum atomic E-state index is 11.3. The molecule has 70 valence electrons. The number of terminal acetylenes is 1. The van der Waals surface area contributed by atoms with E-state index in [1.807, 2.05) is 0 Å². The topological polar surface area (TPSA) is 46.2 Å². The molecule has 13 heavy (non-hydrogen) atoms. The smallest absolute Gasteiger partial charge is 0.231 e. The highest BCUT2D eigenvalue weighted by Gasteiger charge is 2.28. The van der Waals surface area contributed by atoms with E-state index in [0.717, 1.165) is 12.8 Å². The quantitative estimate of drug-likeness (QED) is 0.495. The average Bonchev–Trinajstić information content (AvgIpc) is 2.15. The Labute approximate surface area is 77.9 Å². The zero-order chi connectivity index (χ0) is 9.68. The number of hydrogen-bond acceptors (Lipinski definition) is 2. The van der Waals surface area contributed by atoms with E-state index in [2.05, 4.69) is 11.2 Å². The molecule has 0 aromatic carbocycles. The molecule has 0 radical (unpaired) electrons. The average molecular weight is 179 g/mol. The van der Waals surface area contributed by atoms with Gasteiger partial charge in [0.15, 0.2) is 0 Å². The van der Waals surface area contributed by atoms with E-state index in [-0.39, 0.29) is 18.2 Å². The molecular weight excluding hydrogens is 166 g/mol. The number of carbonyl (C=O) groups excluding carboxylic acids is 2. The molecule has 3 nitrogen and oxygen atoms in total. The van der Waals surface area contributed by atoms with Gasteiger partial charge in [-0.05, 0) is 12.8 Å². The Kier molecular flexibility index (Phi) is 3.51. The highest BCUT2D eigenvalue weighted by atomic mass is 16.2. The zero-order valence-corrected chi connectivity index (χ0v) is 7.51. The van der Waals surface area contributed by atoms with Gasteiger partial charge in [-0.3, -0.25) is 9.59 Å². The fourth-order valence-electron chi connectivity index (χ4n) is 1.52. The molecule has 1 fully saturated rings. The molecular formula is C10H13NO2. The van der Waals surface area contributed by atoms with E-state index in [9.17, 15) is 9.59 Å². The van der Waals surface area contributed by atoms with Gasteiger partial charge in [0.25, 0.3) is 0 Å². The number of nitrogens with one attached hydrogen (secondary N) is 1. The minimum Gasteiger partial charge on any atom is -0.345 e. The third-order valence-electron chi connectivity index (χ3n) is 2.24. The molecule has 3 heteroatoms. The molecule has 1 N–H and O–H groups in total. The second-order valence-electron chi connectivity index (χ2n) is 3.19. The summed E-state index contributed by atoms with van der Waals surface area (Å²) in [6, 6.07) is 0. The fourth-order valence-corrected chi connectivity index (χ4v) is 1.52. The molecule has 1 aliphatic carbocycles. The molecule has 0 aromatic heterocycles. The largest absolute Gasteiger partial charge is 0.345 e. The van der Waals surface area contributed by atoms with Crippen LogP contribution in [0.2, 0.25) is 0 Å². The van der Waals surface area contributed by atoms with E-state index < -0.39 is 5.92 Å². The van der Waals surface area contributed by atoms with Crippen LogP contribution >= 0.6 is 0 Å². The van der Waals surface area contributed by atoms with Gasteiger partial charge >= 0.3 is 0 Å². The monoisotopic (exact) mass is 179 g/mol. The number of Topliss-reactive ketones (excluding diaryl/α,β-unsaturated/α-hetero) is 1. The Hall–Kier alpha value is -1.30. The van der Waals surface area contributed by atoms with Crippen LogP contribution in [0.25, 0.3) is 0 Å². The third kappa shape index (κ3) is 2.59. The second-order valence-corrected chi connectivity index (χ2v) is 3.19. The third-order valence-corrected chi connectivity index (χ3v) is 2.24. The number of hydrogen-bond donors (Lipinski definition) is 1. The van der Waals surface area contributed by atoms with Crippen LogP contribution in [0, 0.1) is 18.3 Å². The Morgan fingerprint density at radius 2 is 2.38 bits per heavy atom. The summed E-state index contributed by atoms with van der Waals surface area (Å²) in [7, 11) is 0. The lowest BCUT2D eigenvalue weighted by Crippen LogP contribution is -2.37. The Morgan fingerprint density at radius 3 is 3.00 bits per heavy atom. The van der Waals surface area contributed by atoms with Crippen LogP contribution in [0.15, 0.2) is 0 Å². The summed E-state index contributed by atoms with van der Waals surface area (Å²) in [6.45, 7) is 0.211. The van der Waals surface area contributed by atoms with Crippen molar-refractivity contribution in [2.45, 2.75) is 25.7 Å². The number of ketones is 1. The predicted molar refractivity (Wildman–Crippen MR) is 48.8 cm³/mol. The fraction of sp³-hybridized carbons (Fsp3) is 0.600. The second kappa shape index (κ2) is 4.66. The molecule has 1 aliphatic rings. The zero-order valence-electron chi connectivity index (χ0n) is 7.51. The maximum absolute atomic E-state index is 11.3. The van der Waals surface area contributed by atoms with Crippen molar-refractivity contribution in [1.29, 1.82) is 0 Å². The van der Waals surface area contributed by atoms with Crippen LogP contribution in [0.5, 0.6) is 0 Å². The van der Waals surface area contributed by atoms with E-state index in [0.29, 0.717) is 12.8 Å². The molecule has 1 amide bonds. The van der Waals surface area contributed by atoms with Crippen LogP contribution in [0.1, 0.15) is 25.7 Å². The van der Waals surface area contributed by atoms with Crippen molar-refractivity contribution in [2.75, 3.05) is 6.54 Å². The molecule has 0 saturated heterocycles. The number of carbonyl (C=O) groups is 2. The summed E-state index contributed by atoms with van der Waals surface area (Å²) in [5.74, 6) is 1.72. The molecule has 1 unspecified atom stereocenters. The first kappa shape index (κ1) is 9.79. The Bertz CT molecular complexity index is 252. The molecule has 1 rings (SSSR count). The van der Waals surface area contributed by atoms with Gasteiger partial charge in [-0.1, -0.05) is 12.3 Å². The molecule has 1 atom stereocenters. The van der Waals surface area contributed by atoms with Gasteiger partial charge in [-0.2, -0.15) is 0 Å². The SMILES string of the molecule is C#CCNC(=O)C1CCCCC1=O. The molecule has 0 aromatic rings. The highest BCUT2D eigenvalue weighted by molar-refractivity contribution is 6.01. The van der Waals surface area contributed by atoms with Crippen LogP contribution in [0.3, 0.4) is 0 Å². The van der Waals surface area contributed by atoms with Gasteiger partial charge in [0.2, 0.25) is 5.91 Å². The first-order valence-corrected chi connectivity index (χ1v) is 4.49. The van der Waals surface area contributed by atoms with Crippen molar-refractivity contribution in [3.05, 3.63) is 0 Å². The van der Waals surface area contributed by atoms with Crippen molar-refractivity contribution in [3.63, 3.8) is 0 Å². The Morgan fingerprint density at radius 1 is 1.62 bits per heavy atom. The van der Waals surface area contributed by atoms with Crippen molar-refractivity contribution >= 4 is 11.7 Å². The van der Waals surface area contributed by atoms with Gasteiger partial charge in [-0.25, -0.2) is 0 Å². The van der Waals surface area contributed by atoms with E-state index >= 15 is 0 Å². The summed E-state index contributed by atoms with van der Waals surface area (Å²) in [6.07, 6.45) is 8.08. The standard InChI is InChI=1S/C10H13NO2/c1-2-7-11-10(13)8-5-3-4-6-9(8)12/h1,8H,3-7H2,(H,11,13).